The van der Waals surface area contributed by atoms with Crippen molar-refractivity contribution in [2.75, 3.05) is 31.1 Å². The van der Waals surface area contributed by atoms with Gasteiger partial charge in [0.1, 0.15) is 29.6 Å². The van der Waals surface area contributed by atoms with Crippen LogP contribution in [0, 0.1) is 34.0 Å². The number of rotatable bonds is 3. The van der Waals surface area contributed by atoms with E-state index in [0.717, 1.165) is 18.8 Å². The Bertz CT molecular complexity index is 782. The minimum Gasteiger partial charge on any atom is -0.384 e. The van der Waals surface area contributed by atoms with Crippen LogP contribution in [0.2, 0.25) is 5.02 Å². The minimum absolute atomic E-state index is 0.129. The molecule has 7 heteroatoms. The van der Waals surface area contributed by atoms with Gasteiger partial charge in [-0.3, -0.25) is 0 Å². The van der Waals surface area contributed by atoms with E-state index < -0.39 is 0 Å². The quantitative estimate of drug-likeness (QED) is 0.668. The number of allylic oxidation sites excluding steroid dienone is 3. The highest BCUT2D eigenvalue weighted by Gasteiger charge is 2.19. The second kappa shape index (κ2) is 7.92. The largest absolute Gasteiger partial charge is 0.384 e. The summed E-state index contributed by atoms with van der Waals surface area (Å²) in [4.78, 5) is 4.07. The van der Waals surface area contributed by atoms with E-state index >= 15 is 0 Å². The Morgan fingerprint density at radius 1 is 1.08 bits per heavy atom. The molecule has 1 heterocycles. The fraction of sp³-hybridized carbons (Fsp3) is 0.235. The smallest absolute Gasteiger partial charge is 0.131 e. The molecule has 2 N–H and O–H groups in total. The molecule has 6 nitrogen and oxygen atoms in total. The highest BCUT2D eigenvalue weighted by Crippen LogP contribution is 2.21. The predicted molar refractivity (Wildman–Crippen MR) is 91.4 cm³/mol. The number of nitriles is 3. The summed E-state index contributed by atoms with van der Waals surface area (Å²) in [6.07, 6.45) is 1.22. The number of hydrogen-bond donors (Lipinski definition) is 1. The van der Waals surface area contributed by atoms with Crippen molar-refractivity contribution in [1.82, 2.24) is 4.90 Å². The first-order valence-electron chi connectivity index (χ1n) is 7.26. The topological polar surface area (TPSA) is 104 Å². The molecule has 0 aromatic heterocycles. The van der Waals surface area contributed by atoms with E-state index in [2.05, 4.69) is 4.90 Å². The Kier molecular flexibility index (Phi) is 5.68. The van der Waals surface area contributed by atoms with Crippen LogP contribution in [0.3, 0.4) is 0 Å². The van der Waals surface area contributed by atoms with Crippen LogP contribution in [0.5, 0.6) is 0 Å². The van der Waals surface area contributed by atoms with E-state index in [0.29, 0.717) is 18.1 Å². The van der Waals surface area contributed by atoms with Crippen LogP contribution in [0.15, 0.2) is 47.3 Å². The van der Waals surface area contributed by atoms with Crippen LogP contribution in [0.25, 0.3) is 0 Å². The molecule has 120 valence electrons. The maximum Gasteiger partial charge on any atom is 0.131 e. The maximum absolute atomic E-state index is 9.22. The first kappa shape index (κ1) is 17.2. The summed E-state index contributed by atoms with van der Waals surface area (Å²) in [5.41, 5.74) is 7.07. The number of hydrogen-bond acceptors (Lipinski definition) is 6. The third-order valence-electron chi connectivity index (χ3n) is 3.72. The molecule has 1 aliphatic rings. The van der Waals surface area contributed by atoms with Crippen LogP contribution < -0.4 is 10.6 Å². The van der Waals surface area contributed by atoms with E-state index in [9.17, 15) is 5.26 Å². The van der Waals surface area contributed by atoms with Gasteiger partial charge in [0.25, 0.3) is 0 Å². The van der Waals surface area contributed by atoms with Crippen LogP contribution in [0.1, 0.15) is 0 Å². The first-order valence-corrected chi connectivity index (χ1v) is 7.64. The number of halogens is 1. The Hall–Kier alpha value is -3.14. The number of benzene rings is 1. The van der Waals surface area contributed by atoms with Gasteiger partial charge < -0.3 is 15.5 Å². The second-order valence-electron chi connectivity index (χ2n) is 5.15. The molecule has 0 unspecified atom stereocenters. The van der Waals surface area contributed by atoms with Gasteiger partial charge in [-0.25, -0.2) is 0 Å². The van der Waals surface area contributed by atoms with Crippen LogP contribution >= 0.6 is 11.6 Å². The van der Waals surface area contributed by atoms with E-state index in [1.165, 1.54) is 6.08 Å². The van der Waals surface area contributed by atoms with E-state index in [1.54, 1.807) is 12.1 Å². The molecule has 0 bridgehead atoms. The van der Waals surface area contributed by atoms with Crippen molar-refractivity contribution >= 4 is 17.3 Å². The third kappa shape index (κ3) is 3.98. The van der Waals surface area contributed by atoms with Crippen LogP contribution in [-0.4, -0.2) is 31.1 Å². The van der Waals surface area contributed by atoms with Crippen LogP contribution in [-0.2, 0) is 0 Å². The number of anilines is 1. The van der Waals surface area contributed by atoms with Gasteiger partial charge in [-0.2, -0.15) is 15.8 Å². The van der Waals surface area contributed by atoms with Gasteiger partial charge in [0, 0.05) is 36.9 Å². The van der Waals surface area contributed by atoms with Gasteiger partial charge in [-0.1, -0.05) is 17.7 Å². The van der Waals surface area contributed by atoms with Crippen molar-refractivity contribution in [2.45, 2.75) is 0 Å². The molecule has 0 radical (unpaired) electrons. The number of piperazine rings is 1. The lowest BCUT2D eigenvalue weighted by molar-refractivity contribution is 0.317. The second-order valence-corrected chi connectivity index (χ2v) is 5.58. The fourth-order valence-corrected chi connectivity index (χ4v) is 2.63. The van der Waals surface area contributed by atoms with E-state index in [1.807, 2.05) is 35.2 Å². The Morgan fingerprint density at radius 2 is 1.75 bits per heavy atom. The molecule has 1 aliphatic heterocycles. The predicted octanol–water partition coefficient (Wildman–Crippen LogP) is 2.13. The summed E-state index contributed by atoms with van der Waals surface area (Å²) in [5, 5.41) is 27.5. The van der Waals surface area contributed by atoms with Gasteiger partial charge in [0.2, 0.25) is 0 Å². The molecule has 0 aliphatic carbocycles. The molecule has 1 aromatic rings. The van der Waals surface area contributed by atoms with Gasteiger partial charge in [-0.05, 0) is 24.3 Å². The number of nitrogens with zero attached hydrogens (tertiary/aromatic N) is 5. The van der Waals surface area contributed by atoms with Crippen molar-refractivity contribution in [1.29, 1.82) is 15.8 Å². The molecule has 0 amide bonds. The lowest BCUT2D eigenvalue weighted by Gasteiger charge is -2.37. The normalized spacial score (nSPS) is 14.8. The van der Waals surface area contributed by atoms with Gasteiger partial charge in [0.05, 0.1) is 5.57 Å². The summed E-state index contributed by atoms with van der Waals surface area (Å²) < 4.78 is 0. The lowest BCUT2D eigenvalue weighted by Crippen LogP contribution is -2.47. The van der Waals surface area contributed by atoms with Crippen molar-refractivity contribution in [3.8, 4) is 18.2 Å². The standard InChI is InChI=1S/C17H15ClN6/c18-15-2-1-3-16(9-15)23-4-6-24(7-5-23)17(22)14(12-21)8-13(10-19)11-20/h1-3,8-9H,4-7,22H2/b17-14-. The summed E-state index contributed by atoms with van der Waals surface area (Å²) >= 11 is 6.02. The molecular weight excluding hydrogens is 324 g/mol. The zero-order valence-electron chi connectivity index (χ0n) is 12.9. The zero-order valence-corrected chi connectivity index (χ0v) is 13.7. The van der Waals surface area contributed by atoms with Crippen molar-refractivity contribution in [3.63, 3.8) is 0 Å². The summed E-state index contributed by atoms with van der Waals surface area (Å²) in [6.45, 7) is 2.72. The average molecular weight is 339 g/mol. The summed E-state index contributed by atoms with van der Waals surface area (Å²) in [5.74, 6) is 0.284. The van der Waals surface area contributed by atoms with Gasteiger partial charge >= 0.3 is 0 Å². The molecule has 1 aromatic carbocycles. The minimum atomic E-state index is -0.146. The molecule has 2 rings (SSSR count). The molecule has 0 spiro atoms. The van der Waals surface area contributed by atoms with Crippen LogP contribution in [0.4, 0.5) is 5.69 Å². The molecule has 0 atom stereocenters. The van der Waals surface area contributed by atoms with E-state index in [-0.39, 0.29) is 17.0 Å². The number of nitrogens with two attached hydrogens (primary N) is 1. The third-order valence-corrected chi connectivity index (χ3v) is 3.95. The Labute approximate surface area is 145 Å². The highest BCUT2D eigenvalue weighted by molar-refractivity contribution is 6.30. The SMILES string of the molecule is N#CC(C#N)=C/C(C#N)=C(\N)N1CCN(c2cccc(Cl)c2)CC1. The maximum atomic E-state index is 9.22. The first-order chi connectivity index (χ1) is 11.6. The van der Waals surface area contributed by atoms with Gasteiger partial charge in [-0.15, -0.1) is 0 Å². The summed E-state index contributed by atoms with van der Waals surface area (Å²) in [7, 11) is 0. The molecule has 24 heavy (non-hydrogen) atoms. The molecule has 1 saturated heterocycles. The lowest BCUT2D eigenvalue weighted by atomic mass is 10.1. The highest BCUT2D eigenvalue weighted by atomic mass is 35.5. The summed E-state index contributed by atoms with van der Waals surface area (Å²) in [6, 6.07) is 13.0. The fourth-order valence-electron chi connectivity index (χ4n) is 2.45. The molecule has 1 fully saturated rings. The average Bonchev–Trinajstić information content (AvgIpc) is 2.62. The molecular formula is C17H15ClN6. The Morgan fingerprint density at radius 3 is 2.29 bits per heavy atom. The Balaban J connectivity index is 2.12. The van der Waals surface area contributed by atoms with Crippen molar-refractivity contribution < 1.29 is 0 Å². The van der Waals surface area contributed by atoms with Crippen molar-refractivity contribution in [2.24, 2.45) is 5.73 Å². The van der Waals surface area contributed by atoms with Gasteiger partial charge in [0.15, 0.2) is 0 Å². The van der Waals surface area contributed by atoms with Crippen molar-refractivity contribution in [3.05, 3.63) is 52.3 Å². The molecule has 0 saturated carbocycles. The van der Waals surface area contributed by atoms with E-state index in [4.69, 9.17) is 27.9 Å². The monoisotopic (exact) mass is 338 g/mol. The zero-order chi connectivity index (χ0) is 17.5.